The Hall–Kier alpha value is -3.77. The summed E-state index contributed by atoms with van der Waals surface area (Å²) in [5.41, 5.74) is 3.63. The third-order valence-electron chi connectivity index (χ3n) is 5.49. The number of anilines is 1. The molecule has 1 amide bonds. The molecule has 1 fully saturated rings. The lowest BCUT2D eigenvalue weighted by molar-refractivity contribution is 0.0680. The number of ether oxygens (including phenoxy) is 2. The molecule has 0 unspecified atom stereocenters. The third kappa shape index (κ3) is 4.45. The number of para-hydroxylation sites is 1. The van der Waals surface area contributed by atoms with Crippen molar-refractivity contribution in [2.45, 2.75) is 18.9 Å². The summed E-state index contributed by atoms with van der Waals surface area (Å²) < 4.78 is 11.5. The van der Waals surface area contributed by atoms with Crippen LogP contribution in [0.1, 0.15) is 23.2 Å². The molecule has 1 aliphatic rings. The number of carbonyl (C=O) groups excluding carboxylic acids is 1. The number of aromatic nitrogens is 2. The maximum Gasteiger partial charge on any atom is 0.256 e. The van der Waals surface area contributed by atoms with Gasteiger partial charge in [0.1, 0.15) is 12.4 Å². The first kappa shape index (κ1) is 20.2. The van der Waals surface area contributed by atoms with Crippen LogP contribution in [0.25, 0.3) is 22.2 Å². The van der Waals surface area contributed by atoms with E-state index in [-0.39, 0.29) is 12.0 Å². The second kappa shape index (κ2) is 9.16. The average Bonchev–Trinajstić information content (AvgIpc) is 3.37. The number of fused-ring (bicyclic) bond motifs is 1. The average molecular weight is 425 g/mol. The monoisotopic (exact) mass is 425 g/mol. The van der Waals surface area contributed by atoms with Gasteiger partial charge in [-0.15, -0.1) is 0 Å². The van der Waals surface area contributed by atoms with Crippen molar-refractivity contribution in [1.82, 2.24) is 9.97 Å². The van der Waals surface area contributed by atoms with Gasteiger partial charge in [0.15, 0.2) is 0 Å². The molecule has 1 atom stereocenters. The Bertz CT molecular complexity index is 1240. The lowest BCUT2D eigenvalue weighted by Crippen LogP contribution is -2.16. The molecule has 3 heterocycles. The van der Waals surface area contributed by atoms with Crippen molar-refractivity contribution >= 4 is 22.5 Å². The molecule has 6 nitrogen and oxygen atoms in total. The van der Waals surface area contributed by atoms with E-state index in [1.165, 1.54) is 0 Å². The highest BCUT2D eigenvalue weighted by atomic mass is 16.5. The van der Waals surface area contributed by atoms with Crippen molar-refractivity contribution in [1.29, 1.82) is 0 Å². The summed E-state index contributed by atoms with van der Waals surface area (Å²) >= 11 is 0. The number of hydrogen-bond acceptors (Lipinski definition) is 5. The van der Waals surface area contributed by atoms with Gasteiger partial charge in [0.2, 0.25) is 0 Å². The largest absolute Gasteiger partial charge is 0.491 e. The molecule has 0 spiro atoms. The minimum absolute atomic E-state index is 0.142. The van der Waals surface area contributed by atoms with Crippen LogP contribution < -0.4 is 10.1 Å². The van der Waals surface area contributed by atoms with E-state index >= 15 is 0 Å². The zero-order valence-corrected chi connectivity index (χ0v) is 17.5. The standard InChI is InChI=1S/C26H23N3O3/c30-26(28-19-5-3-6-20(15-19)32-17-21-7-4-14-31-21)23-16-25(18-10-12-27-13-11-18)29-24-9-2-1-8-22(23)24/h1-3,5-6,8-13,15-16,21H,4,7,14,17H2,(H,28,30)/t21-/m0/s1. The fourth-order valence-electron chi connectivity index (χ4n) is 3.86. The molecule has 6 heteroatoms. The number of hydrogen-bond donors (Lipinski definition) is 1. The summed E-state index contributed by atoms with van der Waals surface area (Å²) in [4.78, 5) is 22.1. The normalized spacial score (nSPS) is 15.6. The van der Waals surface area contributed by atoms with E-state index in [2.05, 4.69) is 10.3 Å². The number of amides is 1. The van der Waals surface area contributed by atoms with Crippen LogP contribution >= 0.6 is 0 Å². The van der Waals surface area contributed by atoms with E-state index in [4.69, 9.17) is 14.5 Å². The maximum atomic E-state index is 13.3. The minimum atomic E-state index is -0.199. The number of rotatable bonds is 6. The Morgan fingerprint density at radius 1 is 1.06 bits per heavy atom. The quantitative estimate of drug-likeness (QED) is 0.465. The second-order valence-corrected chi connectivity index (χ2v) is 7.74. The first-order chi connectivity index (χ1) is 15.8. The number of pyridine rings is 2. The molecule has 1 aliphatic heterocycles. The highest BCUT2D eigenvalue weighted by molar-refractivity contribution is 6.13. The molecule has 1 N–H and O–H groups in total. The van der Waals surface area contributed by atoms with Crippen LogP contribution in [0.15, 0.2) is 79.1 Å². The third-order valence-corrected chi connectivity index (χ3v) is 5.49. The van der Waals surface area contributed by atoms with Crippen molar-refractivity contribution in [3.63, 3.8) is 0 Å². The van der Waals surface area contributed by atoms with Crippen LogP contribution in [0, 0.1) is 0 Å². The van der Waals surface area contributed by atoms with Crippen molar-refractivity contribution in [2.24, 2.45) is 0 Å². The van der Waals surface area contributed by atoms with Crippen LogP contribution in [0.3, 0.4) is 0 Å². The summed E-state index contributed by atoms with van der Waals surface area (Å²) in [7, 11) is 0. The van der Waals surface area contributed by atoms with Crippen molar-refractivity contribution < 1.29 is 14.3 Å². The van der Waals surface area contributed by atoms with Gasteiger partial charge < -0.3 is 14.8 Å². The molecule has 0 saturated carbocycles. The number of nitrogens with one attached hydrogen (secondary N) is 1. The van der Waals surface area contributed by atoms with Gasteiger partial charge in [-0.2, -0.15) is 0 Å². The first-order valence-electron chi connectivity index (χ1n) is 10.7. The van der Waals surface area contributed by atoms with Gasteiger partial charge >= 0.3 is 0 Å². The van der Waals surface area contributed by atoms with Crippen molar-refractivity contribution in [2.75, 3.05) is 18.5 Å². The van der Waals surface area contributed by atoms with Crippen LogP contribution in [0.5, 0.6) is 5.75 Å². The number of nitrogens with zero attached hydrogens (tertiary/aromatic N) is 2. The molecule has 2 aromatic heterocycles. The summed E-state index contributed by atoms with van der Waals surface area (Å²) in [5, 5.41) is 3.81. The molecule has 0 radical (unpaired) electrons. The molecule has 0 aliphatic carbocycles. The predicted octanol–water partition coefficient (Wildman–Crippen LogP) is 5.11. The molecule has 160 valence electrons. The molecule has 0 bridgehead atoms. The number of benzene rings is 2. The molecular formula is C26H23N3O3. The fourth-order valence-corrected chi connectivity index (χ4v) is 3.86. The Balaban J connectivity index is 1.40. The topological polar surface area (TPSA) is 73.3 Å². The van der Waals surface area contributed by atoms with Crippen LogP contribution in [-0.4, -0.2) is 35.2 Å². The van der Waals surface area contributed by atoms with E-state index in [1.54, 1.807) is 12.4 Å². The second-order valence-electron chi connectivity index (χ2n) is 7.74. The smallest absolute Gasteiger partial charge is 0.256 e. The van der Waals surface area contributed by atoms with Crippen molar-refractivity contribution in [3.8, 4) is 17.0 Å². The van der Waals surface area contributed by atoms with Crippen LogP contribution in [0.2, 0.25) is 0 Å². The summed E-state index contributed by atoms with van der Waals surface area (Å²) in [6.45, 7) is 1.31. The van der Waals surface area contributed by atoms with E-state index in [0.717, 1.165) is 41.6 Å². The molecule has 1 saturated heterocycles. The Labute approximate surface area is 186 Å². The predicted molar refractivity (Wildman–Crippen MR) is 124 cm³/mol. The summed E-state index contributed by atoms with van der Waals surface area (Å²) in [6, 6.07) is 20.7. The van der Waals surface area contributed by atoms with Crippen molar-refractivity contribution in [3.05, 3.63) is 84.7 Å². The van der Waals surface area contributed by atoms with Gasteiger partial charge in [0.05, 0.1) is 22.9 Å². The van der Waals surface area contributed by atoms with Gasteiger partial charge in [0.25, 0.3) is 5.91 Å². The van der Waals surface area contributed by atoms with E-state index < -0.39 is 0 Å². The molecule has 4 aromatic rings. The van der Waals surface area contributed by atoms with E-state index in [1.807, 2.05) is 66.7 Å². The lowest BCUT2D eigenvalue weighted by Gasteiger charge is -2.13. The molecule has 32 heavy (non-hydrogen) atoms. The van der Waals surface area contributed by atoms with Gasteiger partial charge in [-0.3, -0.25) is 9.78 Å². The first-order valence-corrected chi connectivity index (χ1v) is 10.7. The maximum absolute atomic E-state index is 13.3. The zero-order chi connectivity index (χ0) is 21.8. The minimum Gasteiger partial charge on any atom is -0.491 e. The van der Waals surface area contributed by atoms with E-state index in [0.29, 0.717) is 23.6 Å². The molecule has 2 aromatic carbocycles. The van der Waals surface area contributed by atoms with Gasteiger partial charge in [-0.25, -0.2) is 4.98 Å². The van der Waals surface area contributed by atoms with Crippen LogP contribution in [-0.2, 0) is 4.74 Å². The molecular weight excluding hydrogens is 402 g/mol. The summed E-state index contributed by atoms with van der Waals surface area (Å²) in [6.07, 6.45) is 5.67. The SMILES string of the molecule is O=C(Nc1cccc(OC[C@@H]2CCCO2)c1)c1cc(-c2ccncc2)nc2ccccc12. The highest BCUT2D eigenvalue weighted by Crippen LogP contribution is 2.26. The fraction of sp³-hybridized carbons (Fsp3) is 0.192. The zero-order valence-electron chi connectivity index (χ0n) is 17.5. The van der Waals surface area contributed by atoms with Gasteiger partial charge in [-0.1, -0.05) is 24.3 Å². The van der Waals surface area contributed by atoms with Crippen LogP contribution in [0.4, 0.5) is 5.69 Å². The van der Waals surface area contributed by atoms with E-state index in [9.17, 15) is 4.79 Å². The molecule has 5 rings (SSSR count). The van der Waals surface area contributed by atoms with Gasteiger partial charge in [-0.05, 0) is 49.2 Å². The Morgan fingerprint density at radius 3 is 2.78 bits per heavy atom. The summed E-state index contributed by atoms with van der Waals surface area (Å²) in [5.74, 6) is 0.505. The Morgan fingerprint density at radius 2 is 1.94 bits per heavy atom. The lowest BCUT2D eigenvalue weighted by atomic mass is 10.0. The Kier molecular flexibility index (Phi) is 5.77. The number of carbonyl (C=O) groups is 1. The van der Waals surface area contributed by atoms with Gasteiger partial charge in [0, 0.05) is 41.7 Å². The highest BCUT2D eigenvalue weighted by Gasteiger charge is 2.17.